The lowest BCUT2D eigenvalue weighted by atomic mass is 10.2. The fourth-order valence-electron chi connectivity index (χ4n) is 1.86. The van der Waals surface area contributed by atoms with Gasteiger partial charge in [0, 0.05) is 36.0 Å². The van der Waals surface area contributed by atoms with Crippen LogP contribution in [0.5, 0.6) is 0 Å². The SMILES string of the molecule is COCc1c(Cl)cccc1NC(=O)N(CCO)C(C)C. The number of amides is 2. The molecular formula is C14H21ClN2O3. The van der Waals surface area contributed by atoms with Gasteiger partial charge in [-0.1, -0.05) is 17.7 Å². The monoisotopic (exact) mass is 300 g/mol. The normalized spacial score (nSPS) is 10.7. The number of carbonyl (C=O) groups is 1. The van der Waals surface area contributed by atoms with Crippen molar-refractivity contribution in [1.29, 1.82) is 0 Å². The van der Waals surface area contributed by atoms with Gasteiger partial charge in [-0.2, -0.15) is 0 Å². The van der Waals surface area contributed by atoms with E-state index in [1.54, 1.807) is 30.2 Å². The third kappa shape index (κ3) is 4.37. The topological polar surface area (TPSA) is 61.8 Å². The van der Waals surface area contributed by atoms with Crippen LogP contribution in [-0.2, 0) is 11.3 Å². The molecule has 20 heavy (non-hydrogen) atoms. The summed E-state index contributed by atoms with van der Waals surface area (Å²) in [5, 5.41) is 12.4. The summed E-state index contributed by atoms with van der Waals surface area (Å²) in [5.74, 6) is 0. The Hall–Kier alpha value is -1.30. The van der Waals surface area contributed by atoms with E-state index in [2.05, 4.69) is 5.32 Å². The molecule has 0 bridgehead atoms. The standard InChI is InChI=1S/C14H21ClN2O3/c1-10(2)17(7-8-18)14(19)16-13-6-4-5-12(15)11(13)9-20-3/h4-6,10,18H,7-9H2,1-3H3,(H,16,19). The predicted molar refractivity (Wildman–Crippen MR) is 80.1 cm³/mol. The highest BCUT2D eigenvalue weighted by Crippen LogP contribution is 2.25. The van der Waals surface area contributed by atoms with Crippen LogP contribution in [0, 0.1) is 0 Å². The summed E-state index contributed by atoms with van der Waals surface area (Å²) in [6.45, 7) is 4.30. The van der Waals surface area contributed by atoms with Crippen molar-refractivity contribution in [3.63, 3.8) is 0 Å². The highest BCUT2D eigenvalue weighted by atomic mass is 35.5. The van der Waals surface area contributed by atoms with E-state index in [1.807, 2.05) is 13.8 Å². The molecule has 0 atom stereocenters. The zero-order valence-corrected chi connectivity index (χ0v) is 12.8. The zero-order chi connectivity index (χ0) is 15.1. The van der Waals surface area contributed by atoms with Crippen molar-refractivity contribution in [3.05, 3.63) is 28.8 Å². The fraction of sp³-hybridized carbons (Fsp3) is 0.500. The molecule has 6 heteroatoms. The van der Waals surface area contributed by atoms with Gasteiger partial charge < -0.3 is 20.1 Å². The van der Waals surface area contributed by atoms with Crippen molar-refractivity contribution >= 4 is 23.3 Å². The third-order valence-electron chi connectivity index (χ3n) is 2.87. The quantitative estimate of drug-likeness (QED) is 0.849. The van der Waals surface area contributed by atoms with Gasteiger partial charge in [0.1, 0.15) is 0 Å². The lowest BCUT2D eigenvalue weighted by Gasteiger charge is -2.26. The van der Waals surface area contributed by atoms with Crippen LogP contribution in [-0.4, -0.2) is 42.3 Å². The molecule has 0 unspecified atom stereocenters. The van der Waals surface area contributed by atoms with Crippen molar-refractivity contribution in [1.82, 2.24) is 4.90 Å². The maximum Gasteiger partial charge on any atom is 0.322 e. The molecule has 0 saturated heterocycles. The number of anilines is 1. The molecule has 2 N–H and O–H groups in total. The highest BCUT2D eigenvalue weighted by Gasteiger charge is 2.18. The molecule has 0 heterocycles. The van der Waals surface area contributed by atoms with Gasteiger partial charge >= 0.3 is 6.03 Å². The zero-order valence-electron chi connectivity index (χ0n) is 12.0. The van der Waals surface area contributed by atoms with Crippen LogP contribution in [0.4, 0.5) is 10.5 Å². The number of rotatable bonds is 6. The van der Waals surface area contributed by atoms with Gasteiger partial charge in [-0.15, -0.1) is 0 Å². The number of hydrogen-bond donors (Lipinski definition) is 2. The second-order valence-electron chi connectivity index (χ2n) is 4.64. The number of halogens is 1. The van der Waals surface area contributed by atoms with Crippen molar-refractivity contribution in [3.8, 4) is 0 Å². The van der Waals surface area contributed by atoms with Crippen LogP contribution in [0.3, 0.4) is 0 Å². The Labute approximate surface area is 124 Å². The van der Waals surface area contributed by atoms with Crippen LogP contribution in [0.1, 0.15) is 19.4 Å². The maximum atomic E-state index is 12.2. The summed E-state index contributed by atoms with van der Waals surface area (Å²) in [6, 6.07) is 5.01. The molecule has 0 aromatic heterocycles. The summed E-state index contributed by atoms with van der Waals surface area (Å²) in [7, 11) is 1.57. The number of ether oxygens (including phenoxy) is 1. The molecule has 1 aromatic carbocycles. The van der Waals surface area contributed by atoms with E-state index in [0.29, 0.717) is 17.3 Å². The average molecular weight is 301 g/mol. The lowest BCUT2D eigenvalue weighted by molar-refractivity contribution is 0.171. The first-order valence-electron chi connectivity index (χ1n) is 6.46. The third-order valence-corrected chi connectivity index (χ3v) is 3.23. The second-order valence-corrected chi connectivity index (χ2v) is 5.05. The Morgan fingerprint density at radius 1 is 1.50 bits per heavy atom. The second kappa shape index (κ2) is 8.09. The lowest BCUT2D eigenvalue weighted by Crippen LogP contribution is -2.41. The fourth-order valence-corrected chi connectivity index (χ4v) is 2.08. The van der Waals surface area contributed by atoms with E-state index in [-0.39, 0.29) is 25.2 Å². The Kier molecular flexibility index (Phi) is 6.78. The van der Waals surface area contributed by atoms with Crippen LogP contribution in [0.25, 0.3) is 0 Å². The summed E-state index contributed by atoms with van der Waals surface area (Å²) in [5.41, 5.74) is 1.35. The number of methoxy groups -OCH3 is 1. The summed E-state index contributed by atoms with van der Waals surface area (Å²) >= 11 is 6.11. The highest BCUT2D eigenvalue weighted by molar-refractivity contribution is 6.31. The molecule has 2 amide bonds. The summed E-state index contributed by atoms with van der Waals surface area (Å²) in [6.07, 6.45) is 0. The van der Waals surface area contributed by atoms with E-state index >= 15 is 0 Å². The Morgan fingerprint density at radius 3 is 2.75 bits per heavy atom. The Morgan fingerprint density at radius 2 is 2.20 bits per heavy atom. The van der Waals surface area contributed by atoms with Gasteiger partial charge in [0.05, 0.1) is 13.2 Å². The molecule has 0 aliphatic rings. The number of aliphatic hydroxyl groups excluding tert-OH is 1. The van der Waals surface area contributed by atoms with E-state index < -0.39 is 0 Å². The summed E-state index contributed by atoms with van der Waals surface area (Å²) < 4.78 is 5.10. The van der Waals surface area contributed by atoms with Gasteiger partial charge in [0.25, 0.3) is 0 Å². The number of benzene rings is 1. The van der Waals surface area contributed by atoms with Gasteiger partial charge in [-0.25, -0.2) is 4.79 Å². The molecule has 0 radical (unpaired) electrons. The van der Waals surface area contributed by atoms with Gasteiger partial charge in [-0.3, -0.25) is 0 Å². The van der Waals surface area contributed by atoms with Gasteiger partial charge in [-0.05, 0) is 26.0 Å². The number of aliphatic hydroxyl groups is 1. The minimum atomic E-state index is -0.270. The van der Waals surface area contributed by atoms with Crippen LogP contribution >= 0.6 is 11.6 Å². The number of hydrogen-bond acceptors (Lipinski definition) is 3. The average Bonchev–Trinajstić information content (AvgIpc) is 2.39. The van der Waals surface area contributed by atoms with Crippen LogP contribution in [0.15, 0.2) is 18.2 Å². The largest absolute Gasteiger partial charge is 0.395 e. The molecule has 112 valence electrons. The van der Waals surface area contributed by atoms with Crippen molar-refractivity contribution in [2.45, 2.75) is 26.5 Å². The van der Waals surface area contributed by atoms with Crippen molar-refractivity contribution in [2.24, 2.45) is 0 Å². The van der Waals surface area contributed by atoms with Crippen molar-refractivity contribution in [2.75, 3.05) is 25.6 Å². The molecule has 5 nitrogen and oxygen atoms in total. The minimum absolute atomic E-state index is 0.00721. The van der Waals surface area contributed by atoms with Gasteiger partial charge in [0.15, 0.2) is 0 Å². The summed E-state index contributed by atoms with van der Waals surface area (Å²) in [4.78, 5) is 13.8. The molecular weight excluding hydrogens is 280 g/mol. The molecule has 0 aliphatic carbocycles. The van der Waals surface area contributed by atoms with Crippen LogP contribution in [0.2, 0.25) is 5.02 Å². The van der Waals surface area contributed by atoms with Gasteiger partial charge in [0.2, 0.25) is 0 Å². The van der Waals surface area contributed by atoms with Crippen molar-refractivity contribution < 1.29 is 14.6 Å². The number of urea groups is 1. The molecule has 0 fully saturated rings. The first-order chi connectivity index (χ1) is 9.51. The number of carbonyl (C=O) groups excluding carboxylic acids is 1. The maximum absolute atomic E-state index is 12.2. The molecule has 1 aromatic rings. The molecule has 0 spiro atoms. The Balaban J connectivity index is 2.91. The minimum Gasteiger partial charge on any atom is -0.395 e. The molecule has 0 saturated carbocycles. The smallest absolute Gasteiger partial charge is 0.322 e. The predicted octanol–water partition coefficient (Wildman–Crippen LogP) is 2.72. The first kappa shape index (κ1) is 16.8. The number of nitrogens with zero attached hydrogens (tertiary/aromatic N) is 1. The van der Waals surface area contributed by atoms with E-state index in [4.69, 9.17) is 21.4 Å². The number of nitrogens with one attached hydrogen (secondary N) is 1. The Bertz CT molecular complexity index is 452. The van der Waals surface area contributed by atoms with E-state index in [0.717, 1.165) is 5.56 Å². The van der Waals surface area contributed by atoms with E-state index in [1.165, 1.54) is 0 Å². The van der Waals surface area contributed by atoms with Crippen LogP contribution < -0.4 is 5.32 Å². The molecule has 1 rings (SSSR count). The van der Waals surface area contributed by atoms with E-state index in [9.17, 15) is 4.79 Å². The first-order valence-corrected chi connectivity index (χ1v) is 6.83. The molecule has 0 aliphatic heterocycles.